The molecule has 1 N–H and O–H groups in total. The average Bonchev–Trinajstić information content (AvgIpc) is 2.93. The molecule has 0 radical (unpaired) electrons. The number of methoxy groups -OCH3 is 1. The minimum Gasteiger partial charge on any atom is -0.481 e. The Bertz CT molecular complexity index is 766. The van der Waals surface area contributed by atoms with Gasteiger partial charge >= 0.3 is 5.97 Å². The minimum absolute atomic E-state index is 0.0875. The Morgan fingerprint density at radius 3 is 2.79 bits per heavy atom. The van der Waals surface area contributed by atoms with Gasteiger partial charge in [0.15, 0.2) is 5.76 Å². The number of rotatable bonds is 4. The van der Waals surface area contributed by atoms with Gasteiger partial charge in [0, 0.05) is 31.1 Å². The van der Waals surface area contributed by atoms with Gasteiger partial charge in [-0.2, -0.15) is 0 Å². The van der Waals surface area contributed by atoms with E-state index < -0.39 is 11.9 Å². The van der Waals surface area contributed by atoms with Crippen molar-refractivity contribution in [1.29, 1.82) is 0 Å². The van der Waals surface area contributed by atoms with Crippen LogP contribution in [-0.4, -0.2) is 42.1 Å². The molecule has 0 aliphatic carbocycles. The molecule has 1 fully saturated rings. The quantitative estimate of drug-likeness (QED) is 0.932. The van der Waals surface area contributed by atoms with Gasteiger partial charge < -0.3 is 19.2 Å². The second-order valence-corrected chi connectivity index (χ2v) is 6.30. The fourth-order valence-electron chi connectivity index (χ4n) is 3.40. The largest absolute Gasteiger partial charge is 0.481 e. The third-order valence-electron chi connectivity index (χ3n) is 4.69. The highest BCUT2D eigenvalue weighted by Crippen LogP contribution is 2.30. The number of hydrogen-bond acceptors (Lipinski definition) is 4. The lowest BCUT2D eigenvalue weighted by molar-refractivity contribution is -0.145. The first kappa shape index (κ1) is 16.5. The first-order chi connectivity index (χ1) is 11.5. The number of fused-ring (bicyclic) bond motifs is 1. The van der Waals surface area contributed by atoms with Crippen molar-refractivity contribution in [2.75, 3.05) is 20.2 Å². The van der Waals surface area contributed by atoms with Crippen LogP contribution in [0.3, 0.4) is 0 Å². The van der Waals surface area contributed by atoms with Gasteiger partial charge in [0.25, 0.3) is 5.91 Å². The van der Waals surface area contributed by atoms with Gasteiger partial charge in [-0.05, 0) is 18.4 Å². The molecule has 3 rings (SSSR count). The Labute approximate surface area is 140 Å². The van der Waals surface area contributed by atoms with E-state index in [4.69, 9.17) is 9.15 Å². The first-order valence-electron chi connectivity index (χ1n) is 8.04. The van der Waals surface area contributed by atoms with E-state index in [1.54, 1.807) is 12.0 Å². The van der Waals surface area contributed by atoms with E-state index in [1.165, 1.54) is 0 Å². The van der Waals surface area contributed by atoms with Crippen LogP contribution in [0.15, 0.2) is 28.7 Å². The Morgan fingerprint density at radius 1 is 1.38 bits per heavy atom. The topological polar surface area (TPSA) is 80.0 Å². The molecule has 6 nitrogen and oxygen atoms in total. The molecular formula is C18H21NO5. The van der Waals surface area contributed by atoms with Gasteiger partial charge in [-0.15, -0.1) is 0 Å². The van der Waals surface area contributed by atoms with Gasteiger partial charge in [0.05, 0.1) is 12.5 Å². The minimum atomic E-state index is -0.793. The number of para-hydroxylation sites is 1. The molecule has 2 atom stereocenters. The monoisotopic (exact) mass is 331 g/mol. The average molecular weight is 331 g/mol. The predicted molar refractivity (Wildman–Crippen MR) is 87.7 cm³/mol. The normalized spacial score (nSPS) is 21.2. The van der Waals surface area contributed by atoms with Crippen molar-refractivity contribution < 1.29 is 23.8 Å². The molecule has 1 aromatic heterocycles. The molecule has 1 amide bonds. The van der Waals surface area contributed by atoms with Crippen molar-refractivity contribution in [1.82, 2.24) is 4.90 Å². The molecule has 1 saturated heterocycles. The molecule has 1 aliphatic rings. The molecule has 0 saturated carbocycles. The van der Waals surface area contributed by atoms with Crippen LogP contribution in [0.1, 0.15) is 29.5 Å². The number of carboxylic acid groups (broad SMARTS) is 1. The van der Waals surface area contributed by atoms with E-state index in [0.29, 0.717) is 37.5 Å². The highest BCUT2D eigenvalue weighted by molar-refractivity contribution is 5.99. The van der Waals surface area contributed by atoms with E-state index in [0.717, 1.165) is 10.9 Å². The lowest BCUT2D eigenvalue weighted by atomic mass is 9.87. The number of ether oxygens (including phenoxy) is 1. The summed E-state index contributed by atoms with van der Waals surface area (Å²) in [7, 11) is 1.58. The van der Waals surface area contributed by atoms with Crippen LogP contribution in [0, 0.1) is 11.8 Å². The highest BCUT2D eigenvalue weighted by atomic mass is 16.5. The smallest absolute Gasteiger partial charge is 0.306 e. The zero-order chi connectivity index (χ0) is 17.3. The molecule has 6 heteroatoms. The SMILES string of the molecule is COCc1c(C(=O)N2CCC(C(=O)O)C(C)C2)oc2ccccc12. The zero-order valence-electron chi connectivity index (χ0n) is 13.8. The predicted octanol–water partition coefficient (Wildman–Crippen LogP) is 2.76. The number of nitrogens with zero attached hydrogens (tertiary/aromatic N) is 1. The summed E-state index contributed by atoms with van der Waals surface area (Å²) in [6.45, 7) is 3.00. The van der Waals surface area contributed by atoms with Crippen molar-refractivity contribution in [3.8, 4) is 0 Å². The van der Waals surface area contributed by atoms with Crippen LogP contribution in [0.25, 0.3) is 11.0 Å². The number of piperidine rings is 1. The highest BCUT2D eigenvalue weighted by Gasteiger charge is 2.35. The number of hydrogen-bond donors (Lipinski definition) is 1. The number of benzene rings is 1. The number of carboxylic acids is 1. The fraction of sp³-hybridized carbons (Fsp3) is 0.444. The van der Waals surface area contributed by atoms with Gasteiger partial charge in [-0.1, -0.05) is 25.1 Å². The van der Waals surface area contributed by atoms with Crippen molar-refractivity contribution in [3.63, 3.8) is 0 Å². The van der Waals surface area contributed by atoms with Crippen LogP contribution in [0.4, 0.5) is 0 Å². The van der Waals surface area contributed by atoms with E-state index in [1.807, 2.05) is 31.2 Å². The molecule has 2 unspecified atom stereocenters. The second-order valence-electron chi connectivity index (χ2n) is 6.30. The summed E-state index contributed by atoms with van der Waals surface area (Å²) in [6, 6.07) is 7.48. The van der Waals surface area contributed by atoms with E-state index >= 15 is 0 Å². The number of aliphatic carboxylic acids is 1. The molecule has 128 valence electrons. The molecule has 0 bridgehead atoms. The van der Waals surface area contributed by atoms with Crippen molar-refractivity contribution in [2.24, 2.45) is 11.8 Å². The number of carbonyl (C=O) groups is 2. The molecule has 1 aromatic carbocycles. The van der Waals surface area contributed by atoms with Crippen LogP contribution in [0.5, 0.6) is 0 Å². The summed E-state index contributed by atoms with van der Waals surface area (Å²) >= 11 is 0. The van der Waals surface area contributed by atoms with Crippen molar-refractivity contribution in [2.45, 2.75) is 20.0 Å². The number of carbonyl (C=O) groups excluding carboxylic acids is 1. The van der Waals surface area contributed by atoms with Crippen molar-refractivity contribution in [3.05, 3.63) is 35.6 Å². The maximum atomic E-state index is 12.9. The zero-order valence-corrected chi connectivity index (χ0v) is 13.8. The lowest BCUT2D eigenvalue weighted by Gasteiger charge is -2.34. The second kappa shape index (κ2) is 6.65. The van der Waals surface area contributed by atoms with Crippen molar-refractivity contribution >= 4 is 22.8 Å². The summed E-state index contributed by atoms with van der Waals surface area (Å²) in [4.78, 5) is 25.8. The van der Waals surface area contributed by atoms with Crippen LogP contribution in [-0.2, 0) is 16.1 Å². The van der Waals surface area contributed by atoms with Crippen LogP contribution < -0.4 is 0 Å². The van der Waals surface area contributed by atoms with Gasteiger partial charge in [-0.3, -0.25) is 9.59 Å². The molecule has 2 aromatic rings. The summed E-state index contributed by atoms with van der Waals surface area (Å²) in [6.07, 6.45) is 0.460. The summed E-state index contributed by atoms with van der Waals surface area (Å²) in [5, 5.41) is 10.1. The van der Waals surface area contributed by atoms with E-state index in [-0.39, 0.29) is 11.8 Å². The number of furan rings is 1. The Kier molecular flexibility index (Phi) is 4.57. The third-order valence-corrected chi connectivity index (χ3v) is 4.69. The Balaban J connectivity index is 1.89. The van der Waals surface area contributed by atoms with Gasteiger partial charge in [-0.25, -0.2) is 0 Å². The Hall–Kier alpha value is -2.34. The lowest BCUT2D eigenvalue weighted by Crippen LogP contribution is -2.45. The molecule has 0 spiro atoms. The first-order valence-corrected chi connectivity index (χ1v) is 8.04. The molecule has 1 aliphatic heterocycles. The van der Waals surface area contributed by atoms with E-state index in [2.05, 4.69) is 0 Å². The molecule has 24 heavy (non-hydrogen) atoms. The van der Waals surface area contributed by atoms with Crippen LogP contribution in [0.2, 0.25) is 0 Å². The fourth-order valence-corrected chi connectivity index (χ4v) is 3.40. The maximum absolute atomic E-state index is 12.9. The summed E-state index contributed by atoms with van der Waals surface area (Å²) < 4.78 is 11.0. The standard InChI is InChI=1S/C18H21NO5/c1-11-9-19(8-7-12(11)18(21)22)17(20)16-14(10-23-2)13-5-3-4-6-15(13)24-16/h3-6,11-12H,7-10H2,1-2H3,(H,21,22). The third kappa shape index (κ3) is 2.89. The van der Waals surface area contributed by atoms with Gasteiger partial charge in [0.2, 0.25) is 0 Å². The molecular weight excluding hydrogens is 310 g/mol. The number of likely N-dealkylation sites (tertiary alicyclic amines) is 1. The Morgan fingerprint density at radius 2 is 2.12 bits per heavy atom. The van der Waals surface area contributed by atoms with Gasteiger partial charge in [0.1, 0.15) is 5.58 Å². The summed E-state index contributed by atoms with van der Waals surface area (Å²) in [5.41, 5.74) is 1.40. The summed E-state index contributed by atoms with van der Waals surface area (Å²) in [5.74, 6) is -1.19. The number of amides is 1. The van der Waals surface area contributed by atoms with Crippen LogP contribution >= 0.6 is 0 Å². The molecule has 2 heterocycles. The maximum Gasteiger partial charge on any atom is 0.306 e. The van der Waals surface area contributed by atoms with E-state index in [9.17, 15) is 14.7 Å².